The lowest BCUT2D eigenvalue weighted by molar-refractivity contribution is -0.147. The third kappa shape index (κ3) is 7.02. The Morgan fingerprint density at radius 1 is 1.32 bits per heavy atom. The minimum absolute atomic E-state index is 0.0278. The van der Waals surface area contributed by atoms with Crippen LogP contribution < -0.4 is 4.74 Å². The van der Waals surface area contributed by atoms with Crippen LogP contribution in [-0.4, -0.2) is 77.7 Å². The molecule has 0 bridgehead atoms. The van der Waals surface area contributed by atoms with E-state index in [1.54, 1.807) is 0 Å². The highest BCUT2D eigenvalue weighted by Gasteiger charge is 2.26. The zero-order chi connectivity index (χ0) is 22.2. The highest BCUT2D eigenvalue weighted by molar-refractivity contribution is 5.72. The van der Waals surface area contributed by atoms with Crippen LogP contribution in [0.5, 0.6) is 5.75 Å². The second-order valence-electron chi connectivity index (χ2n) is 8.18. The van der Waals surface area contributed by atoms with E-state index in [0.29, 0.717) is 13.1 Å². The van der Waals surface area contributed by atoms with Crippen molar-refractivity contribution < 1.29 is 24.0 Å². The van der Waals surface area contributed by atoms with Crippen molar-refractivity contribution in [2.45, 2.75) is 39.0 Å². The van der Waals surface area contributed by atoms with Gasteiger partial charge in [0, 0.05) is 19.6 Å². The molecular weight excluding hydrogens is 400 g/mol. The van der Waals surface area contributed by atoms with Gasteiger partial charge >= 0.3 is 5.97 Å². The van der Waals surface area contributed by atoms with E-state index in [-0.39, 0.29) is 18.5 Å². The Labute approximate surface area is 182 Å². The minimum Gasteiger partial charge on any atom is -0.491 e. The van der Waals surface area contributed by atoms with Gasteiger partial charge < -0.3 is 19.5 Å². The summed E-state index contributed by atoms with van der Waals surface area (Å²) in [5.74, 6) is 0.565. The molecule has 1 N–H and O–H groups in total. The quantitative estimate of drug-likeness (QED) is 0.561. The van der Waals surface area contributed by atoms with Gasteiger partial charge in [0.15, 0.2) is 0 Å². The first kappa shape index (κ1) is 23.2. The maximum absolute atomic E-state index is 11.6. The molecule has 1 saturated heterocycles. The minimum atomic E-state index is -0.594. The summed E-state index contributed by atoms with van der Waals surface area (Å²) in [6.07, 6.45) is 0.933. The molecule has 0 aliphatic carbocycles. The van der Waals surface area contributed by atoms with Crippen LogP contribution in [0.1, 0.15) is 29.8 Å². The van der Waals surface area contributed by atoms with Crippen molar-refractivity contribution in [2.24, 2.45) is 5.92 Å². The Kier molecular flexibility index (Phi) is 8.39. The fourth-order valence-electron chi connectivity index (χ4n) is 3.81. The Bertz CT molecular complexity index is 835. The van der Waals surface area contributed by atoms with Gasteiger partial charge in [-0.2, -0.15) is 0 Å². The number of hydrogen-bond acceptors (Lipinski definition) is 9. The van der Waals surface area contributed by atoms with Crippen molar-refractivity contribution in [3.63, 3.8) is 0 Å². The van der Waals surface area contributed by atoms with Crippen LogP contribution in [0.3, 0.4) is 0 Å². The van der Waals surface area contributed by atoms with Gasteiger partial charge in [-0.3, -0.25) is 9.69 Å². The number of rotatable bonds is 10. The van der Waals surface area contributed by atoms with Crippen molar-refractivity contribution in [3.05, 3.63) is 41.2 Å². The maximum Gasteiger partial charge on any atom is 0.308 e. The lowest BCUT2D eigenvalue weighted by Gasteiger charge is -2.31. The van der Waals surface area contributed by atoms with E-state index in [2.05, 4.69) is 20.1 Å². The molecule has 31 heavy (non-hydrogen) atoms. The molecule has 170 valence electrons. The number of aliphatic hydroxyl groups is 1. The van der Waals surface area contributed by atoms with Crippen molar-refractivity contribution in [1.29, 1.82) is 0 Å². The molecule has 0 spiro atoms. The molecule has 1 fully saturated rings. The number of carbonyl (C=O) groups excluding carboxylic acids is 1. The van der Waals surface area contributed by atoms with E-state index in [1.807, 2.05) is 38.2 Å². The van der Waals surface area contributed by atoms with E-state index < -0.39 is 6.10 Å². The summed E-state index contributed by atoms with van der Waals surface area (Å²) in [5, 5.41) is 18.1. The van der Waals surface area contributed by atoms with Gasteiger partial charge in [-0.15, -0.1) is 0 Å². The van der Waals surface area contributed by atoms with Gasteiger partial charge in [0.25, 0.3) is 0 Å². The predicted octanol–water partition coefficient (Wildman–Crippen LogP) is 1.63. The molecule has 0 saturated carbocycles. The first-order chi connectivity index (χ1) is 14.9. The summed E-state index contributed by atoms with van der Waals surface area (Å²) in [4.78, 5) is 15.9. The molecule has 1 aliphatic rings. The molecule has 2 aromatic rings. The zero-order valence-corrected chi connectivity index (χ0v) is 18.5. The summed E-state index contributed by atoms with van der Waals surface area (Å²) in [7, 11) is 3.44. The zero-order valence-electron chi connectivity index (χ0n) is 18.5. The lowest BCUT2D eigenvalue weighted by atomic mass is 9.97. The first-order valence-corrected chi connectivity index (χ1v) is 10.6. The topological polar surface area (TPSA) is 101 Å². The standard InChI is InChI=1S/C22H32N4O5/c1-16-21(24-31-23-16)14-25(2)12-17-5-4-6-20(11-17)30-15-19(27)13-26-9-7-18(8-10-26)22(28)29-3/h4-6,11,18-19,27H,7-10,12-15H2,1-3H3. The molecule has 2 heterocycles. The van der Waals surface area contributed by atoms with Gasteiger partial charge in [-0.05, 0) is 57.6 Å². The Balaban J connectivity index is 1.41. The molecule has 9 heteroatoms. The molecule has 1 aromatic carbocycles. The summed E-state index contributed by atoms with van der Waals surface area (Å²) in [5.41, 5.74) is 2.73. The van der Waals surface area contributed by atoms with Gasteiger partial charge in [0.05, 0.1) is 13.0 Å². The number of esters is 1. The highest BCUT2D eigenvalue weighted by Crippen LogP contribution is 2.19. The fourth-order valence-corrected chi connectivity index (χ4v) is 3.81. The van der Waals surface area contributed by atoms with E-state index in [1.165, 1.54) is 7.11 Å². The number of aliphatic hydroxyl groups excluding tert-OH is 1. The normalized spacial score (nSPS) is 16.4. The molecule has 1 unspecified atom stereocenters. The van der Waals surface area contributed by atoms with E-state index in [0.717, 1.165) is 55.2 Å². The van der Waals surface area contributed by atoms with Crippen LogP contribution in [0.15, 0.2) is 28.9 Å². The largest absolute Gasteiger partial charge is 0.491 e. The Hall–Kier alpha value is -2.49. The average molecular weight is 433 g/mol. The summed E-state index contributed by atoms with van der Waals surface area (Å²) < 4.78 is 15.4. The third-order valence-corrected chi connectivity index (χ3v) is 5.55. The number of benzene rings is 1. The van der Waals surface area contributed by atoms with Crippen LogP contribution >= 0.6 is 0 Å². The summed E-state index contributed by atoms with van der Waals surface area (Å²) in [6.45, 7) is 5.55. The molecule has 1 aromatic heterocycles. The Morgan fingerprint density at radius 3 is 2.77 bits per heavy atom. The first-order valence-electron chi connectivity index (χ1n) is 10.6. The molecule has 9 nitrogen and oxygen atoms in total. The number of likely N-dealkylation sites (tertiary alicyclic amines) is 1. The third-order valence-electron chi connectivity index (χ3n) is 5.55. The summed E-state index contributed by atoms with van der Waals surface area (Å²) in [6, 6.07) is 7.87. The smallest absolute Gasteiger partial charge is 0.308 e. The predicted molar refractivity (Wildman–Crippen MR) is 113 cm³/mol. The summed E-state index contributed by atoms with van der Waals surface area (Å²) >= 11 is 0. The number of nitrogens with zero attached hydrogens (tertiary/aromatic N) is 4. The maximum atomic E-state index is 11.6. The van der Waals surface area contributed by atoms with Crippen LogP contribution in [0, 0.1) is 12.8 Å². The van der Waals surface area contributed by atoms with Crippen molar-refractivity contribution in [1.82, 2.24) is 20.1 Å². The molecule has 1 aliphatic heterocycles. The van der Waals surface area contributed by atoms with Crippen molar-refractivity contribution in [3.8, 4) is 5.75 Å². The fraction of sp³-hybridized carbons (Fsp3) is 0.591. The van der Waals surface area contributed by atoms with Crippen molar-refractivity contribution in [2.75, 3.05) is 40.4 Å². The number of piperidine rings is 1. The van der Waals surface area contributed by atoms with Crippen LogP contribution in [0.4, 0.5) is 0 Å². The highest BCUT2D eigenvalue weighted by atomic mass is 16.6. The number of ether oxygens (including phenoxy) is 2. The van der Waals surface area contributed by atoms with Gasteiger partial charge in [0.2, 0.25) is 0 Å². The Morgan fingerprint density at radius 2 is 2.10 bits per heavy atom. The van der Waals surface area contributed by atoms with Gasteiger partial charge in [-0.25, -0.2) is 4.63 Å². The number of hydrogen-bond donors (Lipinski definition) is 1. The van der Waals surface area contributed by atoms with E-state index in [9.17, 15) is 9.90 Å². The van der Waals surface area contributed by atoms with Crippen LogP contribution in [0.25, 0.3) is 0 Å². The van der Waals surface area contributed by atoms with Crippen LogP contribution in [-0.2, 0) is 22.6 Å². The number of aryl methyl sites for hydroxylation is 1. The van der Waals surface area contributed by atoms with Crippen LogP contribution in [0.2, 0.25) is 0 Å². The SMILES string of the molecule is COC(=O)C1CCN(CC(O)COc2cccc(CN(C)Cc3nonc3C)c2)CC1. The number of methoxy groups -OCH3 is 1. The second-order valence-corrected chi connectivity index (χ2v) is 8.18. The molecule has 0 radical (unpaired) electrons. The van der Waals surface area contributed by atoms with Crippen molar-refractivity contribution >= 4 is 5.97 Å². The second kappa shape index (κ2) is 11.2. The number of β-amino-alcohol motifs (C(OH)–C–C–N with tert-alkyl or cyclic N) is 1. The molecule has 3 rings (SSSR count). The van der Waals surface area contributed by atoms with E-state index >= 15 is 0 Å². The molecular formula is C22H32N4O5. The van der Waals surface area contributed by atoms with Gasteiger partial charge in [-0.1, -0.05) is 22.4 Å². The molecule has 1 atom stereocenters. The van der Waals surface area contributed by atoms with E-state index in [4.69, 9.17) is 14.1 Å². The lowest BCUT2D eigenvalue weighted by Crippen LogP contribution is -2.42. The number of carbonyl (C=O) groups is 1. The monoisotopic (exact) mass is 432 g/mol. The van der Waals surface area contributed by atoms with Gasteiger partial charge in [0.1, 0.15) is 29.8 Å². The average Bonchev–Trinajstić information content (AvgIpc) is 3.16. The number of aromatic nitrogens is 2. The molecule has 0 amide bonds.